The first-order valence-corrected chi connectivity index (χ1v) is 6.56. The molecule has 0 atom stereocenters. The third-order valence-electron chi connectivity index (χ3n) is 3.38. The zero-order valence-electron chi connectivity index (χ0n) is 11.6. The lowest BCUT2D eigenvalue weighted by molar-refractivity contribution is 0.419. The molecule has 0 aliphatic heterocycles. The average Bonchev–Trinajstić information content (AvgIpc) is 2.46. The number of phenols is 3. The number of rotatable bonds is 2. The largest absolute Gasteiger partial charge is 0.508 e. The predicted octanol–water partition coefficient (Wildman–Crippen LogP) is 0.257. The lowest BCUT2D eigenvalue weighted by Gasteiger charge is -2.08. The maximum absolute atomic E-state index is 12.1. The van der Waals surface area contributed by atoms with E-state index in [4.69, 9.17) is 4.42 Å². The molecule has 5 N–H and O–H groups in total. The number of benzene rings is 2. The third kappa shape index (κ3) is 2.61. The molecule has 0 saturated carbocycles. The first-order valence-electron chi connectivity index (χ1n) is 6.56. The van der Waals surface area contributed by atoms with E-state index < -0.39 is 18.3 Å². The molecule has 0 unspecified atom stereocenters. The molecular formula is C15H11BO7. The van der Waals surface area contributed by atoms with E-state index in [0.717, 1.165) is 12.1 Å². The molecule has 0 aliphatic carbocycles. The Hall–Kier alpha value is -2.97. The van der Waals surface area contributed by atoms with Crippen molar-refractivity contribution in [2.24, 2.45) is 0 Å². The molecule has 3 aromatic rings. The molecule has 1 heterocycles. The Bertz CT molecular complexity index is 962. The summed E-state index contributed by atoms with van der Waals surface area (Å²) < 4.78 is 5.50. The summed E-state index contributed by atoms with van der Waals surface area (Å²) in [7, 11) is -1.89. The van der Waals surface area contributed by atoms with Gasteiger partial charge in [-0.2, -0.15) is 0 Å². The van der Waals surface area contributed by atoms with E-state index in [0.29, 0.717) is 5.56 Å². The minimum Gasteiger partial charge on any atom is -0.508 e. The van der Waals surface area contributed by atoms with Gasteiger partial charge in [-0.25, -0.2) is 0 Å². The molecule has 2 aromatic carbocycles. The van der Waals surface area contributed by atoms with Crippen LogP contribution in [0.1, 0.15) is 0 Å². The molecule has 116 valence electrons. The van der Waals surface area contributed by atoms with E-state index in [1.54, 1.807) is 0 Å². The fourth-order valence-corrected chi connectivity index (χ4v) is 2.31. The quantitative estimate of drug-likeness (QED) is 0.429. The van der Waals surface area contributed by atoms with Gasteiger partial charge in [0.05, 0.1) is 0 Å². The lowest BCUT2D eigenvalue weighted by atomic mass is 9.78. The van der Waals surface area contributed by atoms with Crippen molar-refractivity contribution in [2.75, 3.05) is 0 Å². The van der Waals surface area contributed by atoms with Crippen LogP contribution in [0.3, 0.4) is 0 Å². The van der Waals surface area contributed by atoms with Gasteiger partial charge in [-0.3, -0.25) is 4.79 Å². The van der Waals surface area contributed by atoms with Gasteiger partial charge in [0.2, 0.25) is 0 Å². The third-order valence-corrected chi connectivity index (χ3v) is 3.38. The van der Waals surface area contributed by atoms with Crippen molar-refractivity contribution in [3.05, 3.63) is 46.6 Å². The summed E-state index contributed by atoms with van der Waals surface area (Å²) in [5.74, 6) is -0.915. The molecule has 8 heteroatoms. The molecular weight excluding hydrogens is 303 g/mol. The summed E-state index contributed by atoms with van der Waals surface area (Å²) in [5.41, 5.74) is -0.390. The Morgan fingerprint density at radius 1 is 0.913 bits per heavy atom. The monoisotopic (exact) mass is 314 g/mol. The topological polar surface area (TPSA) is 131 Å². The Kier molecular flexibility index (Phi) is 3.47. The molecule has 7 nitrogen and oxygen atoms in total. The van der Waals surface area contributed by atoms with Gasteiger partial charge in [0, 0.05) is 29.2 Å². The van der Waals surface area contributed by atoms with Crippen molar-refractivity contribution < 1.29 is 29.8 Å². The van der Waals surface area contributed by atoms with E-state index in [1.807, 2.05) is 0 Å². The van der Waals surface area contributed by atoms with Crippen LogP contribution < -0.4 is 10.9 Å². The summed E-state index contributed by atoms with van der Waals surface area (Å²) in [4.78, 5) is 12.1. The van der Waals surface area contributed by atoms with Crippen molar-refractivity contribution >= 4 is 23.6 Å². The lowest BCUT2D eigenvalue weighted by Crippen LogP contribution is -2.30. The standard InChI is InChI=1S/C15H11BO7/c17-8-4-11(19)15-12(20)6-13(23-14(15)5-8)7-1-2-10(18)9(3-7)16(21)22/h1-6,17-19,21-22H. The Labute approximate surface area is 129 Å². The molecule has 0 saturated heterocycles. The van der Waals surface area contributed by atoms with Gasteiger partial charge in [0.25, 0.3) is 0 Å². The van der Waals surface area contributed by atoms with Crippen molar-refractivity contribution in [2.45, 2.75) is 0 Å². The number of fused-ring (bicyclic) bond motifs is 1. The highest BCUT2D eigenvalue weighted by atomic mass is 16.4. The molecule has 0 bridgehead atoms. The van der Waals surface area contributed by atoms with E-state index in [2.05, 4.69) is 0 Å². The first-order chi connectivity index (χ1) is 10.9. The van der Waals surface area contributed by atoms with Gasteiger partial charge >= 0.3 is 7.12 Å². The summed E-state index contributed by atoms with van der Waals surface area (Å²) in [5, 5.41) is 47.1. The first kappa shape index (κ1) is 15.0. The molecule has 1 aromatic heterocycles. The Morgan fingerprint density at radius 3 is 2.35 bits per heavy atom. The van der Waals surface area contributed by atoms with Crippen LogP contribution in [0.25, 0.3) is 22.3 Å². The van der Waals surface area contributed by atoms with Gasteiger partial charge in [0.15, 0.2) is 5.43 Å². The van der Waals surface area contributed by atoms with Crippen molar-refractivity contribution in [3.63, 3.8) is 0 Å². The number of phenolic OH excluding ortho intramolecular Hbond substituents is 3. The number of hydrogen-bond acceptors (Lipinski definition) is 7. The predicted molar refractivity (Wildman–Crippen MR) is 82.7 cm³/mol. The van der Waals surface area contributed by atoms with E-state index in [1.165, 1.54) is 24.3 Å². The van der Waals surface area contributed by atoms with Crippen LogP contribution in [0.5, 0.6) is 17.2 Å². The van der Waals surface area contributed by atoms with Crippen molar-refractivity contribution in [1.82, 2.24) is 0 Å². The summed E-state index contributed by atoms with van der Waals surface area (Å²) >= 11 is 0. The highest BCUT2D eigenvalue weighted by Gasteiger charge is 2.18. The van der Waals surface area contributed by atoms with Gasteiger partial charge in [-0.15, -0.1) is 0 Å². The van der Waals surface area contributed by atoms with E-state index in [-0.39, 0.29) is 33.7 Å². The van der Waals surface area contributed by atoms with Crippen LogP contribution in [0.15, 0.2) is 45.6 Å². The molecule has 3 rings (SSSR count). The molecule has 23 heavy (non-hydrogen) atoms. The van der Waals surface area contributed by atoms with Crippen LogP contribution in [0.2, 0.25) is 0 Å². The van der Waals surface area contributed by atoms with E-state index >= 15 is 0 Å². The fraction of sp³-hybridized carbons (Fsp3) is 0. The minimum absolute atomic E-state index is 0.0239. The molecule has 0 spiro atoms. The van der Waals surface area contributed by atoms with E-state index in [9.17, 15) is 30.2 Å². The van der Waals surface area contributed by atoms with Crippen LogP contribution >= 0.6 is 0 Å². The van der Waals surface area contributed by atoms with Gasteiger partial charge in [0.1, 0.15) is 34.0 Å². The maximum Gasteiger partial charge on any atom is 0.492 e. The molecule has 0 aliphatic rings. The summed E-state index contributed by atoms with van der Waals surface area (Å²) in [6.45, 7) is 0. The van der Waals surface area contributed by atoms with Gasteiger partial charge in [-0.1, -0.05) is 0 Å². The van der Waals surface area contributed by atoms with Crippen molar-refractivity contribution in [1.29, 1.82) is 0 Å². The zero-order valence-corrected chi connectivity index (χ0v) is 11.6. The molecule has 0 fully saturated rings. The normalized spacial score (nSPS) is 10.9. The van der Waals surface area contributed by atoms with Gasteiger partial charge < -0.3 is 29.8 Å². The summed E-state index contributed by atoms with van der Waals surface area (Å²) in [6, 6.07) is 7.25. The van der Waals surface area contributed by atoms with Crippen LogP contribution in [0.4, 0.5) is 0 Å². The average molecular weight is 314 g/mol. The Morgan fingerprint density at radius 2 is 1.65 bits per heavy atom. The fourth-order valence-electron chi connectivity index (χ4n) is 2.31. The number of aromatic hydroxyl groups is 3. The van der Waals surface area contributed by atoms with Gasteiger partial charge in [-0.05, 0) is 18.2 Å². The molecule has 0 amide bonds. The second kappa shape index (κ2) is 5.34. The van der Waals surface area contributed by atoms with Crippen LogP contribution in [-0.2, 0) is 0 Å². The zero-order chi connectivity index (χ0) is 16.7. The Balaban J connectivity index is 2.25. The highest BCUT2D eigenvalue weighted by molar-refractivity contribution is 6.59. The van der Waals surface area contributed by atoms with Crippen LogP contribution in [-0.4, -0.2) is 32.5 Å². The smallest absolute Gasteiger partial charge is 0.492 e. The second-order valence-electron chi connectivity index (χ2n) is 4.96. The van der Waals surface area contributed by atoms with Crippen molar-refractivity contribution in [3.8, 4) is 28.6 Å². The SMILES string of the molecule is O=c1cc(-c2ccc(O)c(B(O)O)c2)oc2cc(O)cc(O)c12. The molecule has 0 radical (unpaired) electrons. The maximum atomic E-state index is 12.1. The highest BCUT2D eigenvalue weighted by Crippen LogP contribution is 2.30. The second-order valence-corrected chi connectivity index (χ2v) is 4.96. The summed E-state index contributed by atoms with van der Waals surface area (Å²) in [6.07, 6.45) is 0. The minimum atomic E-state index is -1.89. The number of hydrogen-bond donors (Lipinski definition) is 5. The van der Waals surface area contributed by atoms with Crippen LogP contribution in [0, 0.1) is 0 Å².